The van der Waals surface area contributed by atoms with E-state index in [2.05, 4.69) is 11.4 Å². The lowest BCUT2D eigenvalue weighted by Crippen LogP contribution is -2.45. The number of ether oxygens (including phenoxy) is 2. The minimum Gasteiger partial charge on any atom is -0.493 e. The molecule has 0 saturated carbocycles. The Hall–Kier alpha value is -1.13. The number of rotatable bonds is 4. The third-order valence-corrected chi connectivity index (χ3v) is 4.43. The molecule has 0 amide bonds. The van der Waals surface area contributed by atoms with Crippen LogP contribution in [0, 0.1) is 0 Å². The first kappa shape index (κ1) is 14.8. The van der Waals surface area contributed by atoms with E-state index in [0.29, 0.717) is 26.1 Å². The van der Waals surface area contributed by atoms with Gasteiger partial charge in [-0.25, -0.2) is 4.39 Å². The Morgan fingerprint density at radius 3 is 2.95 bits per heavy atom. The molecule has 0 bridgehead atoms. The van der Waals surface area contributed by atoms with Crippen molar-refractivity contribution in [3.63, 3.8) is 0 Å². The number of morpholine rings is 1. The van der Waals surface area contributed by atoms with Gasteiger partial charge in [0.25, 0.3) is 0 Å². The highest BCUT2D eigenvalue weighted by molar-refractivity contribution is 5.37. The first-order chi connectivity index (χ1) is 10.1. The third kappa shape index (κ3) is 3.74. The van der Waals surface area contributed by atoms with Gasteiger partial charge in [-0.3, -0.25) is 0 Å². The van der Waals surface area contributed by atoms with Gasteiger partial charge >= 0.3 is 0 Å². The number of alkyl halides is 1. The quantitative estimate of drug-likeness (QED) is 0.925. The van der Waals surface area contributed by atoms with Gasteiger partial charge in [0.2, 0.25) is 0 Å². The maximum absolute atomic E-state index is 15.0. The molecule has 1 aromatic carbocycles. The van der Waals surface area contributed by atoms with Gasteiger partial charge in [0.15, 0.2) is 0 Å². The highest BCUT2D eigenvalue weighted by Crippen LogP contribution is 2.40. The largest absolute Gasteiger partial charge is 0.493 e. The summed E-state index contributed by atoms with van der Waals surface area (Å²) in [4.78, 5) is 0. The van der Waals surface area contributed by atoms with Crippen LogP contribution in [-0.2, 0) is 4.74 Å². The Kier molecular flexibility index (Phi) is 4.45. The molecule has 1 fully saturated rings. The molecule has 1 saturated heterocycles. The van der Waals surface area contributed by atoms with E-state index in [4.69, 9.17) is 9.47 Å². The third-order valence-electron chi connectivity index (χ3n) is 4.43. The van der Waals surface area contributed by atoms with E-state index in [1.807, 2.05) is 18.2 Å². The van der Waals surface area contributed by atoms with E-state index in [1.165, 1.54) is 0 Å². The van der Waals surface area contributed by atoms with Crippen molar-refractivity contribution in [2.45, 2.75) is 43.8 Å². The molecule has 2 aliphatic rings. The van der Waals surface area contributed by atoms with Crippen molar-refractivity contribution in [1.82, 2.24) is 5.32 Å². The van der Waals surface area contributed by atoms with E-state index in [-0.39, 0.29) is 12.0 Å². The standard InChI is InChI=1S/C17H24FNO2/c1-17(18,11-14-12-20-9-7-19-14)10-13-6-8-21-16-5-3-2-4-15(13)16/h2-5,13-14,19H,6-12H2,1H3. The summed E-state index contributed by atoms with van der Waals surface area (Å²) >= 11 is 0. The van der Waals surface area contributed by atoms with Gasteiger partial charge in [-0.1, -0.05) is 18.2 Å². The van der Waals surface area contributed by atoms with Gasteiger partial charge in [-0.15, -0.1) is 0 Å². The van der Waals surface area contributed by atoms with Gasteiger partial charge < -0.3 is 14.8 Å². The second-order valence-electron chi connectivity index (χ2n) is 6.42. The van der Waals surface area contributed by atoms with Crippen molar-refractivity contribution in [3.8, 4) is 5.75 Å². The second-order valence-corrected chi connectivity index (χ2v) is 6.42. The van der Waals surface area contributed by atoms with Crippen molar-refractivity contribution < 1.29 is 13.9 Å². The summed E-state index contributed by atoms with van der Waals surface area (Å²) < 4.78 is 26.1. The summed E-state index contributed by atoms with van der Waals surface area (Å²) in [6.07, 6.45) is 1.95. The molecule has 0 spiro atoms. The molecule has 0 radical (unpaired) electrons. The van der Waals surface area contributed by atoms with Crippen LogP contribution in [-0.4, -0.2) is 38.1 Å². The molecule has 0 aromatic heterocycles. The van der Waals surface area contributed by atoms with Gasteiger partial charge in [0, 0.05) is 12.6 Å². The molecule has 3 atom stereocenters. The number of para-hydroxylation sites is 1. The second kappa shape index (κ2) is 6.32. The maximum atomic E-state index is 15.0. The van der Waals surface area contributed by atoms with Crippen LogP contribution in [0.15, 0.2) is 24.3 Å². The van der Waals surface area contributed by atoms with Crippen molar-refractivity contribution in [2.75, 3.05) is 26.4 Å². The van der Waals surface area contributed by atoms with Crippen LogP contribution in [0.4, 0.5) is 4.39 Å². The molecule has 2 aliphatic heterocycles. The minimum atomic E-state index is -1.19. The first-order valence-electron chi connectivity index (χ1n) is 7.86. The van der Waals surface area contributed by atoms with Gasteiger partial charge in [-0.05, 0) is 43.7 Å². The fourth-order valence-electron chi connectivity index (χ4n) is 3.49. The summed E-state index contributed by atoms with van der Waals surface area (Å²) in [5, 5.41) is 3.34. The number of benzene rings is 1. The summed E-state index contributed by atoms with van der Waals surface area (Å²) in [6.45, 7) is 4.57. The molecule has 3 unspecified atom stereocenters. The molecule has 1 aromatic rings. The Balaban J connectivity index is 1.65. The van der Waals surface area contributed by atoms with Crippen molar-refractivity contribution >= 4 is 0 Å². The van der Waals surface area contributed by atoms with E-state index in [0.717, 1.165) is 30.9 Å². The van der Waals surface area contributed by atoms with E-state index >= 15 is 4.39 Å². The fourth-order valence-corrected chi connectivity index (χ4v) is 3.49. The number of nitrogens with one attached hydrogen (secondary N) is 1. The van der Waals surface area contributed by atoms with E-state index in [9.17, 15) is 0 Å². The lowest BCUT2D eigenvalue weighted by atomic mass is 9.82. The van der Waals surface area contributed by atoms with Crippen LogP contribution in [0.2, 0.25) is 0 Å². The molecule has 2 heterocycles. The smallest absolute Gasteiger partial charge is 0.122 e. The number of fused-ring (bicyclic) bond motifs is 1. The molecule has 21 heavy (non-hydrogen) atoms. The van der Waals surface area contributed by atoms with Gasteiger partial charge in [-0.2, -0.15) is 0 Å². The lowest BCUT2D eigenvalue weighted by Gasteiger charge is -2.34. The SMILES string of the molecule is CC(F)(CC1COCCN1)CC1CCOc2ccccc21. The maximum Gasteiger partial charge on any atom is 0.122 e. The van der Waals surface area contributed by atoms with Crippen LogP contribution >= 0.6 is 0 Å². The van der Waals surface area contributed by atoms with Crippen molar-refractivity contribution in [1.29, 1.82) is 0 Å². The summed E-state index contributed by atoms with van der Waals surface area (Å²) in [6, 6.07) is 8.15. The van der Waals surface area contributed by atoms with Crippen LogP contribution in [0.25, 0.3) is 0 Å². The van der Waals surface area contributed by atoms with Crippen molar-refractivity contribution in [3.05, 3.63) is 29.8 Å². The number of hydrogen-bond donors (Lipinski definition) is 1. The highest BCUT2D eigenvalue weighted by Gasteiger charge is 2.34. The van der Waals surface area contributed by atoms with Gasteiger partial charge in [0.05, 0.1) is 19.8 Å². The molecule has 116 valence electrons. The zero-order valence-corrected chi connectivity index (χ0v) is 12.6. The molecule has 0 aliphatic carbocycles. The monoisotopic (exact) mass is 293 g/mol. The normalized spacial score (nSPS) is 28.3. The molecule has 4 heteroatoms. The Morgan fingerprint density at radius 2 is 2.14 bits per heavy atom. The predicted molar refractivity (Wildman–Crippen MR) is 80.7 cm³/mol. The lowest BCUT2D eigenvalue weighted by molar-refractivity contribution is 0.0422. The van der Waals surface area contributed by atoms with Gasteiger partial charge in [0.1, 0.15) is 11.4 Å². The van der Waals surface area contributed by atoms with Crippen LogP contribution in [0.1, 0.15) is 37.7 Å². The molecule has 3 rings (SSSR count). The zero-order valence-electron chi connectivity index (χ0n) is 12.6. The summed E-state index contributed by atoms with van der Waals surface area (Å²) in [5.74, 6) is 1.16. The molecular weight excluding hydrogens is 269 g/mol. The minimum absolute atomic E-state index is 0.129. The van der Waals surface area contributed by atoms with Crippen LogP contribution < -0.4 is 10.1 Å². The summed E-state index contributed by atoms with van der Waals surface area (Å²) in [5.41, 5.74) is -0.0338. The first-order valence-corrected chi connectivity index (χ1v) is 7.86. The predicted octanol–water partition coefficient (Wildman–Crippen LogP) is 3.05. The number of hydrogen-bond acceptors (Lipinski definition) is 3. The van der Waals surface area contributed by atoms with E-state index in [1.54, 1.807) is 6.92 Å². The average Bonchev–Trinajstić information content (AvgIpc) is 2.48. The van der Waals surface area contributed by atoms with Crippen molar-refractivity contribution in [2.24, 2.45) is 0 Å². The zero-order chi connectivity index (χ0) is 14.7. The van der Waals surface area contributed by atoms with Crippen LogP contribution in [0.5, 0.6) is 5.75 Å². The Labute approximate surface area is 125 Å². The Morgan fingerprint density at radius 1 is 1.29 bits per heavy atom. The Bertz CT molecular complexity index is 472. The average molecular weight is 293 g/mol. The van der Waals surface area contributed by atoms with Crippen LogP contribution in [0.3, 0.4) is 0 Å². The number of halogens is 1. The highest BCUT2D eigenvalue weighted by atomic mass is 19.1. The molecule has 3 nitrogen and oxygen atoms in total. The molecular formula is C17H24FNO2. The summed E-state index contributed by atoms with van der Waals surface area (Å²) in [7, 11) is 0. The molecule has 1 N–H and O–H groups in total. The fraction of sp³-hybridized carbons (Fsp3) is 0.647. The van der Waals surface area contributed by atoms with E-state index < -0.39 is 5.67 Å². The topological polar surface area (TPSA) is 30.5 Å².